The van der Waals surface area contributed by atoms with Gasteiger partial charge < -0.3 is 9.15 Å². The highest BCUT2D eigenvalue weighted by Gasteiger charge is 2.31. The standard InChI is InChI=1S/C22H20O2/c1-23-19-11-9-17(10-12-19)21-15-18(22-8-5-13-24-22)14-20(21)16-6-3-2-4-7-16/h2-13,15,20-21H,14H2,1H3/t20-,21-/m0/s1. The molecule has 120 valence electrons. The van der Waals surface area contributed by atoms with Crippen molar-refractivity contribution in [3.8, 4) is 5.75 Å². The molecule has 0 radical (unpaired) electrons. The van der Waals surface area contributed by atoms with Gasteiger partial charge in [-0.25, -0.2) is 0 Å². The van der Waals surface area contributed by atoms with Gasteiger partial charge in [0.15, 0.2) is 0 Å². The SMILES string of the molecule is COc1ccc([C@@H]2C=C(c3ccco3)C[C@H]2c2ccccc2)cc1. The summed E-state index contributed by atoms with van der Waals surface area (Å²) in [6.07, 6.45) is 5.10. The number of ether oxygens (including phenoxy) is 1. The molecule has 2 atom stereocenters. The summed E-state index contributed by atoms with van der Waals surface area (Å²) in [5.41, 5.74) is 3.97. The van der Waals surface area contributed by atoms with E-state index in [-0.39, 0.29) is 0 Å². The third-order valence-corrected chi connectivity index (χ3v) is 4.82. The van der Waals surface area contributed by atoms with Gasteiger partial charge in [0.2, 0.25) is 0 Å². The average Bonchev–Trinajstić information content (AvgIpc) is 3.32. The van der Waals surface area contributed by atoms with Crippen LogP contribution in [0.25, 0.3) is 5.57 Å². The van der Waals surface area contributed by atoms with Crippen molar-refractivity contribution in [2.45, 2.75) is 18.3 Å². The molecule has 0 amide bonds. The molecule has 0 saturated heterocycles. The van der Waals surface area contributed by atoms with Crippen LogP contribution < -0.4 is 4.74 Å². The fourth-order valence-corrected chi connectivity index (χ4v) is 3.59. The molecule has 0 saturated carbocycles. The van der Waals surface area contributed by atoms with E-state index in [1.54, 1.807) is 13.4 Å². The maximum absolute atomic E-state index is 5.63. The molecular weight excluding hydrogens is 296 g/mol. The lowest BCUT2D eigenvalue weighted by molar-refractivity contribution is 0.414. The summed E-state index contributed by atoms with van der Waals surface area (Å²) in [7, 11) is 1.70. The molecule has 0 aliphatic heterocycles. The minimum Gasteiger partial charge on any atom is -0.497 e. The highest BCUT2D eigenvalue weighted by Crippen LogP contribution is 2.47. The topological polar surface area (TPSA) is 22.4 Å². The third-order valence-electron chi connectivity index (χ3n) is 4.82. The van der Waals surface area contributed by atoms with Crippen molar-refractivity contribution >= 4 is 5.57 Å². The van der Waals surface area contributed by atoms with Crippen molar-refractivity contribution in [1.29, 1.82) is 0 Å². The molecule has 1 aliphatic carbocycles. The Kier molecular flexibility index (Phi) is 3.96. The van der Waals surface area contributed by atoms with Crippen LogP contribution in [0, 0.1) is 0 Å². The van der Waals surface area contributed by atoms with Crippen LogP contribution >= 0.6 is 0 Å². The molecule has 0 fully saturated rings. The maximum Gasteiger partial charge on any atom is 0.129 e. The Labute approximate surface area is 142 Å². The fourth-order valence-electron chi connectivity index (χ4n) is 3.59. The third kappa shape index (κ3) is 2.76. The van der Waals surface area contributed by atoms with Gasteiger partial charge >= 0.3 is 0 Å². The first-order valence-corrected chi connectivity index (χ1v) is 8.28. The fraction of sp³-hybridized carbons (Fsp3) is 0.182. The Morgan fingerprint density at radius 2 is 1.67 bits per heavy atom. The van der Waals surface area contributed by atoms with Gasteiger partial charge in [-0.05, 0) is 53.3 Å². The number of hydrogen-bond donors (Lipinski definition) is 0. The van der Waals surface area contributed by atoms with E-state index in [4.69, 9.17) is 9.15 Å². The molecule has 4 rings (SSSR count). The molecule has 0 spiro atoms. The van der Waals surface area contributed by atoms with Crippen LogP contribution in [-0.4, -0.2) is 7.11 Å². The molecular formula is C22H20O2. The number of rotatable bonds is 4. The Morgan fingerprint density at radius 1 is 0.875 bits per heavy atom. The molecule has 1 aromatic heterocycles. The first-order chi connectivity index (χ1) is 11.8. The monoisotopic (exact) mass is 316 g/mol. The van der Waals surface area contributed by atoms with E-state index in [1.807, 2.05) is 24.3 Å². The van der Waals surface area contributed by atoms with Gasteiger partial charge in [0, 0.05) is 5.92 Å². The highest BCUT2D eigenvalue weighted by molar-refractivity contribution is 5.67. The summed E-state index contributed by atoms with van der Waals surface area (Å²) in [4.78, 5) is 0. The van der Waals surface area contributed by atoms with Crippen molar-refractivity contribution in [2.24, 2.45) is 0 Å². The van der Waals surface area contributed by atoms with Crippen LogP contribution in [-0.2, 0) is 0 Å². The number of benzene rings is 2. The van der Waals surface area contributed by atoms with Crippen molar-refractivity contribution < 1.29 is 9.15 Å². The van der Waals surface area contributed by atoms with Crippen molar-refractivity contribution in [2.75, 3.05) is 7.11 Å². The van der Waals surface area contributed by atoms with Crippen LogP contribution in [0.1, 0.15) is 35.1 Å². The summed E-state index contributed by atoms with van der Waals surface area (Å²) in [5.74, 6) is 2.65. The van der Waals surface area contributed by atoms with Crippen LogP contribution in [0.3, 0.4) is 0 Å². The molecule has 2 nitrogen and oxygen atoms in total. The van der Waals surface area contributed by atoms with Gasteiger partial charge in [-0.3, -0.25) is 0 Å². The molecule has 1 heterocycles. The normalized spacial score (nSPS) is 20.0. The summed E-state index contributed by atoms with van der Waals surface area (Å²) in [6.45, 7) is 0. The predicted molar refractivity (Wildman–Crippen MR) is 96.2 cm³/mol. The second-order valence-corrected chi connectivity index (χ2v) is 6.19. The second-order valence-electron chi connectivity index (χ2n) is 6.19. The first kappa shape index (κ1) is 14.8. The van der Waals surface area contributed by atoms with E-state index in [9.17, 15) is 0 Å². The molecule has 2 aromatic carbocycles. The van der Waals surface area contributed by atoms with Crippen molar-refractivity contribution in [3.05, 3.63) is 96.0 Å². The Bertz CT molecular complexity index is 814. The number of hydrogen-bond acceptors (Lipinski definition) is 2. The Hall–Kier alpha value is -2.74. The lowest BCUT2D eigenvalue weighted by Crippen LogP contribution is -2.05. The van der Waals surface area contributed by atoms with Gasteiger partial charge in [-0.1, -0.05) is 48.5 Å². The molecule has 0 bridgehead atoms. The zero-order valence-electron chi connectivity index (χ0n) is 13.7. The number of allylic oxidation sites excluding steroid dienone is 2. The van der Waals surface area contributed by atoms with Crippen LogP contribution in [0.15, 0.2) is 83.5 Å². The molecule has 0 unspecified atom stereocenters. The summed E-state index contributed by atoms with van der Waals surface area (Å²) < 4.78 is 10.9. The Morgan fingerprint density at radius 3 is 2.33 bits per heavy atom. The number of furan rings is 1. The van der Waals surface area contributed by atoms with E-state index < -0.39 is 0 Å². The molecule has 1 aliphatic rings. The first-order valence-electron chi connectivity index (χ1n) is 8.28. The quantitative estimate of drug-likeness (QED) is 0.621. The Balaban J connectivity index is 1.72. The minimum atomic E-state index is 0.346. The van der Waals surface area contributed by atoms with Gasteiger partial charge in [0.1, 0.15) is 11.5 Å². The maximum atomic E-state index is 5.63. The molecule has 24 heavy (non-hydrogen) atoms. The largest absolute Gasteiger partial charge is 0.497 e. The van der Waals surface area contributed by atoms with Crippen LogP contribution in [0.2, 0.25) is 0 Å². The van der Waals surface area contributed by atoms with E-state index >= 15 is 0 Å². The summed E-state index contributed by atoms with van der Waals surface area (Å²) in [6, 6.07) is 23.2. The van der Waals surface area contributed by atoms with E-state index in [0.717, 1.165) is 17.9 Å². The zero-order chi connectivity index (χ0) is 16.4. The number of methoxy groups -OCH3 is 1. The van der Waals surface area contributed by atoms with E-state index in [1.165, 1.54) is 16.7 Å². The molecule has 3 aromatic rings. The van der Waals surface area contributed by atoms with Crippen molar-refractivity contribution in [3.63, 3.8) is 0 Å². The highest BCUT2D eigenvalue weighted by atomic mass is 16.5. The van der Waals surface area contributed by atoms with Crippen LogP contribution in [0.4, 0.5) is 0 Å². The van der Waals surface area contributed by atoms with Gasteiger partial charge in [-0.2, -0.15) is 0 Å². The van der Waals surface area contributed by atoms with E-state index in [2.05, 4.69) is 48.5 Å². The predicted octanol–water partition coefficient (Wildman–Crippen LogP) is 5.64. The molecule has 0 N–H and O–H groups in total. The second kappa shape index (κ2) is 6.40. The zero-order valence-corrected chi connectivity index (χ0v) is 13.7. The summed E-state index contributed by atoms with van der Waals surface area (Å²) in [5, 5.41) is 0. The lowest BCUT2D eigenvalue weighted by atomic mass is 9.83. The lowest BCUT2D eigenvalue weighted by Gasteiger charge is -2.20. The van der Waals surface area contributed by atoms with E-state index in [0.29, 0.717) is 11.8 Å². The average molecular weight is 316 g/mol. The minimum absolute atomic E-state index is 0.346. The van der Waals surface area contributed by atoms with Gasteiger partial charge in [-0.15, -0.1) is 0 Å². The smallest absolute Gasteiger partial charge is 0.129 e. The molecule has 2 heteroatoms. The van der Waals surface area contributed by atoms with Gasteiger partial charge in [0.05, 0.1) is 13.4 Å². The van der Waals surface area contributed by atoms with Crippen molar-refractivity contribution in [1.82, 2.24) is 0 Å². The van der Waals surface area contributed by atoms with Crippen LogP contribution in [0.5, 0.6) is 5.75 Å². The van der Waals surface area contributed by atoms with Gasteiger partial charge in [0.25, 0.3) is 0 Å². The summed E-state index contributed by atoms with van der Waals surface area (Å²) >= 11 is 0.